The second-order valence-corrected chi connectivity index (χ2v) is 7.55. The lowest BCUT2D eigenvalue weighted by molar-refractivity contribution is -0.139. The van der Waals surface area contributed by atoms with Gasteiger partial charge in [0.15, 0.2) is 0 Å². The number of aliphatic carboxylic acids is 1. The summed E-state index contributed by atoms with van der Waals surface area (Å²) in [5.41, 5.74) is 1.83. The molecule has 7 heteroatoms. The first-order valence-electron chi connectivity index (χ1n) is 10.2. The monoisotopic (exact) mass is 412 g/mol. The minimum absolute atomic E-state index is 0.0342. The molecule has 2 aromatic rings. The second-order valence-electron chi connectivity index (χ2n) is 7.55. The van der Waals surface area contributed by atoms with Crippen LogP contribution in [0.15, 0.2) is 60.7 Å². The number of carbonyl (C=O) groups excluding carboxylic acids is 1. The van der Waals surface area contributed by atoms with Gasteiger partial charge >= 0.3 is 12.1 Å². The summed E-state index contributed by atoms with van der Waals surface area (Å²) in [6, 6.07) is 18.0. The number of rotatable bonds is 9. The summed E-state index contributed by atoms with van der Waals surface area (Å²) < 4.78 is 5.33. The molecule has 1 saturated heterocycles. The van der Waals surface area contributed by atoms with Crippen LogP contribution in [0, 0.1) is 0 Å². The van der Waals surface area contributed by atoms with Crippen molar-refractivity contribution in [2.24, 2.45) is 0 Å². The van der Waals surface area contributed by atoms with Crippen LogP contribution in [0.3, 0.4) is 0 Å². The van der Waals surface area contributed by atoms with E-state index in [-0.39, 0.29) is 19.1 Å². The van der Waals surface area contributed by atoms with Gasteiger partial charge in [-0.15, -0.1) is 0 Å². The summed E-state index contributed by atoms with van der Waals surface area (Å²) in [6.45, 7) is 0.720. The Labute approximate surface area is 176 Å². The molecule has 0 aliphatic carbocycles. The summed E-state index contributed by atoms with van der Waals surface area (Å²) in [7, 11) is 0. The maximum Gasteiger partial charge on any atom is 0.407 e. The van der Waals surface area contributed by atoms with Crippen molar-refractivity contribution < 1.29 is 24.5 Å². The number of amides is 1. The summed E-state index contributed by atoms with van der Waals surface area (Å²) >= 11 is 0. The Kier molecular flexibility index (Phi) is 7.82. The van der Waals surface area contributed by atoms with Crippen molar-refractivity contribution in [2.75, 3.05) is 6.54 Å². The zero-order chi connectivity index (χ0) is 21.3. The number of aliphatic hydroxyl groups is 1. The molecule has 0 spiro atoms. The maximum atomic E-state index is 12.4. The number of alkyl carbamates (subject to hydrolysis) is 1. The molecule has 7 nitrogen and oxygen atoms in total. The Bertz CT molecular complexity index is 815. The number of ether oxygens (including phenoxy) is 1. The quantitative estimate of drug-likeness (QED) is 0.586. The molecule has 0 saturated carbocycles. The zero-order valence-corrected chi connectivity index (χ0v) is 16.8. The third kappa shape index (κ3) is 6.30. The predicted molar refractivity (Wildman–Crippen MR) is 112 cm³/mol. The second kappa shape index (κ2) is 10.8. The van der Waals surface area contributed by atoms with Gasteiger partial charge in [-0.25, -0.2) is 4.79 Å². The average molecular weight is 412 g/mol. The van der Waals surface area contributed by atoms with Gasteiger partial charge in [0.25, 0.3) is 0 Å². The third-order valence-corrected chi connectivity index (χ3v) is 5.35. The van der Waals surface area contributed by atoms with Gasteiger partial charge in [-0.05, 0) is 30.4 Å². The van der Waals surface area contributed by atoms with E-state index in [1.807, 2.05) is 60.7 Å². The van der Waals surface area contributed by atoms with Gasteiger partial charge in [0, 0.05) is 12.6 Å². The first kappa shape index (κ1) is 21.8. The van der Waals surface area contributed by atoms with E-state index in [2.05, 4.69) is 5.32 Å². The third-order valence-electron chi connectivity index (χ3n) is 5.35. The smallest absolute Gasteiger partial charge is 0.407 e. The van der Waals surface area contributed by atoms with E-state index in [1.165, 1.54) is 0 Å². The van der Waals surface area contributed by atoms with Crippen LogP contribution < -0.4 is 5.32 Å². The van der Waals surface area contributed by atoms with Crippen LogP contribution in [-0.2, 0) is 22.6 Å². The molecule has 1 amide bonds. The number of carboxylic acids is 1. The summed E-state index contributed by atoms with van der Waals surface area (Å²) in [5, 5.41) is 23.0. The fourth-order valence-corrected chi connectivity index (χ4v) is 3.87. The summed E-state index contributed by atoms with van der Waals surface area (Å²) in [4.78, 5) is 25.4. The highest BCUT2D eigenvalue weighted by atomic mass is 16.5. The van der Waals surface area contributed by atoms with Gasteiger partial charge in [-0.2, -0.15) is 0 Å². The number of hydrogen-bond acceptors (Lipinski definition) is 5. The van der Waals surface area contributed by atoms with Crippen LogP contribution in [0.4, 0.5) is 4.79 Å². The van der Waals surface area contributed by atoms with Crippen molar-refractivity contribution in [1.82, 2.24) is 10.2 Å². The number of aliphatic hydroxyl groups excluding tert-OH is 1. The highest BCUT2D eigenvalue weighted by Crippen LogP contribution is 2.24. The molecule has 3 atom stereocenters. The van der Waals surface area contributed by atoms with E-state index < -0.39 is 24.3 Å². The van der Waals surface area contributed by atoms with Crippen molar-refractivity contribution >= 4 is 12.1 Å². The van der Waals surface area contributed by atoms with Crippen LogP contribution in [-0.4, -0.2) is 52.0 Å². The van der Waals surface area contributed by atoms with E-state index in [9.17, 15) is 19.8 Å². The molecular formula is C23H28N2O5. The van der Waals surface area contributed by atoms with Gasteiger partial charge < -0.3 is 20.3 Å². The molecule has 1 fully saturated rings. The van der Waals surface area contributed by atoms with Crippen molar-refractivity contribution in [3.05, 3.63) is 71.8 Å². The first-order valence-corrected chi connectivity index (χ1v) is 10.2. The van der Waals surface area contributed by atoms with Gasteiger partial charge in [-0.3, -0.25) is 9.69 Å². The number of likely N-dealkylation sites (tertiary alicyclic amines) is 1. The van der Waals surface area contributed by atoms with Crippen LogP contribution >= 0.6 is 0 Å². The van der Waals surface area contributed by atoms with E-state index in [0.29, 0.717) is 19.4 Å². The SMILES string of the molecule is O=C(O)C[C@H]1CCCN1C(O)[C@H](Cc1ccccc1)NC(=O)OCc1ccccc1. The number of carboxylic acid groups (broad SMARTS) is 1. The Morgan fingerprint density at radius 1 is 1.07 bits per heavy atom. The molecule has 0 aromatic heterocycles. The highest BCUT2D eigenvalue weighted by molar-refractivity contribution is 5.68. The minimum Gasteiger partial charge on any atom is -0.481 e. The number of nitrogens with zero attached hydrogens (tertiary/aromatic N) is 1. The van der Waals surface area contributed by atoms with Gasteiger partial charge in [0.05, 0.1) is 12.5 Å². The molecule has 1 heterocycles. The number of nitrogens with one attached hydrogen (secondary N) is 1. The Morgan fingerprint density at radius 2 is 1.70 bits per heavy atom. The lowest BCUT2D eigenvalue weighted by Gasteiger charge is -2.34. The van der Waals surface area contributed by atoms with Crippen molar-refractivity contribution in [3.63, 3.8) is 0 Å². The van der Waals surface area contributed by atoms with Crippen LogP contribution in [0.5, 0.6) is 0 Å². The Hall–Kier alpha value is -2.90. The standard InChI is InChI=1S/C23H28N2O5/c26-21(27)15-19-12-7-13-25(19)22(28)20(14-17-8-3-1-4-9-17)24-23(29)30-16-18-10-5-2-6-11-18/h1-6,8-11,19-20,22,28H,7,12-16H2,(H,24,29)(H,26,27)/t19-,20+,22?/m1/s1. The molecule has 1 aliphatic rings. The molecule has 3 N–H and O–H groups in total. The van der Waals surface area contributed by atoms with Gasteiger partial charge in [0.2, 0.25) is 0 Å². The predicted octanol–water partition coefficient (Wildman–Crippen LogP) is 2.78. The lowest BCUT2D eigenvalue weighted by atomic mass is 10.0. The van der Waals surface area contributed by atoms with Crippen LogP contribution in [0.2, 0.25) is 0 Å². The Morgan fingerprint density at radius 3 is 2.33 bits per heavy atom. The van der Waals surface area contributed by atoms with Crippen LogP contribution in [0.25, 0.3) is 0 Å². The fourth-order valence-electron chi connectivity index (χ4n) is 3.87. The van der Waals surface area contributed by atoms with Crippen molar-refractivity contribution in [1.29, 1.82) is 0 Å². The zero-order valence-electron chi connectivity index (χ0n) is 16.8. The molecular weight excluding hydrogens is 384 g/mol. The number of hydrogen-bond donors (Lipinski definition) is 3. The molecule has 30 heavy (non-hydrogen) atoms. The molecule has 0 bridgehead atoms. The van der Waals surface area contributed by atoms with Gasteiger partial charge in [-0.1, -0.05) is 60.7 Å². The van der Waals surface area contributed by atoms with E-state index >= 15 is 0 Å². The number of benzene rings is 2. The van der Waals surface area contributed by atoms with Gasteiger partial charge in [0.1, 0.15) is 12.8 Å². The molecule has 2 aromatic carbocycles. The normalized spacial score (nSPS) is 18.5. The minimum atomic E-state index is -1.01. The van der Waals surface area contributed by atoms with Crippen molar-refractivity contribution in [3.8, 4) is 0 Å². The van der Waals surface area contributed by atoms with Crippen molar-refractivity contribution in [2.45, 2.75) is 50.6 Å². The maximum absolute atomic E-state index is 12.4. The molecule has 3 rings (SSSR count). The highest BCUT2D eigenvalue weighted by Gasteiger charge is 2.36. The van der Waals surface area contributed by atoms with E-state index in [0.717, 1.165) is 17.5 Å². The Balaban J connectivity index is 1.67. The van der Waals surface area contributed by atoms with Crippen LogP contribution in [0.1, 0.15) is 30.4 Å². The van der Waals surface area contributed by atoms with E-state index in [1.54, 1.807) is 4.90 Å². The summed E-state index contributed by atoms with van der Waals surface area (Å²) in [6.07, 6.45) is 0.256. The average Bonchev–Trinajstić information content (AvgIpc) is 3.20. The van der Waals surface area contributed by atoms with E-state index in [4.69, 9.17) is 4.74 Å². The molecule has 0 radical (unpaired) electrons. The topological polar surface area (TPSA) is 99.1 Å². The molecule has 160 valence electrons. The largest absolute Gasteiger partial charge is 0.481 e. The fraction of sp³-hybridized carbons (Fsp3) is 0.391. The summed E-state index contributed by atoms with van der Waals surface area (Å²) in [5.74, 6) is -0.895. The number of carbonyl (C=O) groups is 2. The lowest BCUT2D eigenvalue weighted by Crippen LogP contribution is -2.54. The molecule has 1 aliphatic heterocycles. The first-order chi connectivity index (χ1) is 14.5. The molecule has 1 unspecified atom stereocenters.